The molecule has 1 fully saturated rings. The lowest BCUT2D eigenvalue weighted by molar-refractivity contribution is -0.0945. The summed E-state index contributed by atoms with van der Waals surface area (Å²) in [5.41, 5.74) is 0.679. The molecule has 0 amide bonds. The Balaban J connectivity index is 2.91. The van der Waals surface area contributed by atoms with Gasteiger partial charge in [0.25, 0.3) is 0 Å². The van der Waals surface area contributed by atoms with Crippen molar-refractivity contribution >= 4 is 0 Å². The SMILES string of the molecule is CCC(C)C(CC)C1(C(C)CC)CCC1C. The highest BCUT2D eigenvalue weighted by Crippen LogP contribution is 2.60. The van der Waals surface area contributed by atoms with Gasteiger partial charge in [0, 0.05) is 0 Å². The molecule has 0 spiro atoms. The number of hydrogen-bond acceptors (Lipinski definition) is 0. The molecular weight excluding hydrogens is 192 g/mol. The summed E-state index contributed by atoms with van der Waals surface area (Å²) in [5.74, 6) is 3.73. The van der Waals surface area contributed by atoms with E-state index in [9.17, 15) is 0 Å². The van der Waals surface area contributed by atoms with Crippen molar-refractivity contribution in [1.82, 2.24) is 0 Å². The van der Waals surface area contributed by atoms with E-state index in [0.29, 0.717) is 5.41 Å². The van der Waals surface area contributed by atoms with Gasteiger partial charge >= 0.3 is 0 Å². The van der Waals surface area contributed by atoms with Gasteiger partial charge in [-0.15, -0.1) is 0 Å². The van der Waals surface area contributed by atoms with Gasteiger partial charge in [0.2, 0.25) is 0 Å². The zero-order chi connectivity index (χ0) is 12.3. The van der Waals surface area contributed by atoms with E-state index < -0.39 is 0 Å². The molecule has 5 unspecified atom stereocenters. The predicted octanol–water partition coefficient (Wildman–Crippen LogP) is 5.52. The van der Waals surface area contributed by atoms with E-state index in [2.05, 4.69) is 41.5 Å². The first-order valence-corrected chi connectivity index (χ1v) is 7.54. The van der Waals surface area contributed by atoms with Gasteiger partial charge in [-0.05, 0) is 41.9 Å². The average molecular weight is 224 g/mol. The maximum atomic E-state index is 2.50. The summed E-state index contributed by atoms with van der Waals surface area (Å²) in [6, 6.07) is 0. The Bertz CT molecular complexity index is 206. The van der Waals surface area contributed by atoms with E-state index in [1.165, 1.54) is 32.1 Å². The smallest absolute Gasteiger partial charge is 0.0215 e. The fraction of sp³-hybridized carbons (Fsp3) is 1.00. The first kappa shape index (κ1) is 14.1. The largest absolute Gasteiger partial charge is 0.0651 e. The van der Waals surface area contributed by atoms with Crippen LogP contribution in [0.5, 0.6) is 0 Å². The van der Waals surface area contributed by atoms with Gasteiger partial charge in [-0.25, -0.2) is 0 Å². The van der Waals surface area contributed by atoms with Crippen LogP contribution in [-0.2, 0) is 0 Å². The van der Waals surface area contributed by atoms with Gasteiger partial charge in [-0.1, -0.05) is 60.8 Å². The molecule has 1 saturated carbocycles. The van der Waals surface area contributed by atoms with Crippen LogP contribution in [0.25, 0.3) is 0 Å². The van der Waals surface area contributed by atoms with Crippen molar-refractivity contribution in [1.29, 1.82) is 0 Å². The summed E-state index contributed by atoms with van der Waals surface area (Å²) in [4.78, 5) is 0. The van der Waals surface area contributed by atoms with E-state index in [-0.39, 0.29) is 0 Å². The highest BCUT2D eigenvalue weighted by Gasteiger charge is 2.52. The second-order valence-electron chi connectivity index (χ2n) is 6.26. The van der Waals surface area contributed by atoms with Crippen molar-refractivity contribution in [2.45, 2.75) is 73.6 Å². The maximum absolute atomic E-state index is 2.50. The molecule has 0 radical (unpaired) electrons. The molecule has 0 aromatic heterocycles. The summed E-state index contributed by atoms with van der Waals surface area (Å²) in [7, 11) is 0. The highest BCUT2D eigenvalue weighted by atomic mass is 14.6. The van der Waals surface area contributed by atoms with E-state index in [0.717, 1.165) is 23.7 Å². The number of hydrogen-bond donors (Lipinski definition) is 0. The maximum Gasteiger partial charge on any atom is -0.0215 e. The minimum atomic E-state index is 0.679. The van der Waals surface area contributed by atoms with Crippen LogP contribution < -0.4 is 0 Å². The van der Waals surface area contributed by atoms with E-state index in [1.807, 2.05) is 0 Å². The van der Waals surface area contributed by atoms with Gasteiger partial charge in [0.1, 0.15) is 0 Å². The molecule has 0 saturated heterocycles. The van der Waals surface area contributed by atoms with Crippen molar-refractivity contribution in [3.63, 3.8) is 0 Å². The lowest BCUT2D eigenvalue weighted by atomic mass is 9.46. The van der Waals surface area contributed by atoms with Crippen LogP contribution in [0.2, 0.25) is 0 Å². The molecular formula is C16H32. The zero-order valence-corrected chi connectivity index (χ0v) is 12.3. The van der Waals surface area contributed by atoms with Crippen LogP contribution in [0.4, 0.5) is 0 Å². The van der Waals surface area contributed by atoms with Crippen molar-refractivity contribution in [3.05, 3.63) is 0 Å². The summed E-state index contributed by atoms with van der Waals surface area (Å²) in [6.07, 6.45) is 7.05. The Morgan fingerprint density at radius 3 is 1.94 bits per heavy atom. The average Bonchev–Trinajstić information content (AvgIpc) is 2.31. The van der Waals surface area contributed by atoms with Crippen molar-refractivity contribution in [2.24, 2.45) is 29.1 Å². The first-order chi connectivity index (χ1) is 7.54. The Morgan fingerprint density at radius 1 is 1.06 bits per heavy atom. The molecule has 0 heteroatoms. The Hall–Kier alpha value is 0. The monoisotopic (exact) mass is 224 g/mol. The quantitative estimate of drug-likeness (QED) is 0.557. The molecule has 0 aliphatic heterocycles. The first-order valence-electron chi connectivity index (χ1n) is 7.54. The summed E-state index contributed by atoms with van der Waals surface area (Å²) in [6.45, 7) is 14.6. The van der Waals surface area contributed by atoms with E-state index >= 15 is 0 Å². The third kappa shape index (κ3) is 2.05. The Kier molecular flexibility index (Phi) is 4.88. The van der Waals surface area contributed by atoms with Crippen LogP contribution in [0.1, 0.15) is 73.6 Å². The molecule has 96 valence electrons. The minimum Gasteiger partial charge on any atom is -0.0651 e. The molecule has 0 heterocycles. The van der Waals surface area contributed by atoms with Gasteiger partial charge in [-0.3, -0.25) is 0 Å². The Morgan fingerprint density at radius 2 is 1.69 bits per heavy atom. The van der Waals surface area contributed by atoms with Crippen molar-refractivity contribution in [3.8, 4) is 0 Å². The predicted molar refractivity (Wildman–Crippen MR) is 73.5 cm³/mol. The second-order valence-corrected chi connectivity index (χ2v) is 6.26. The molecule has 0 N–H and O–H groups in total. The third-order valence-electron chi connectivity index (χ3n) is 5.92. The van der Waals surface area contributed by atoms with E-state index in [4.69, 9.17) is 0 Å². The second kappa shape index (κ2) is 5.56. The third-order valence-corrected chi connectivity index (χ3v) is 5.92. The zero-order valence-electron chi connectivity index (χ0n) is 12.3. The normalized spacial score (nSPS) is 35.2. The fourth-order valence-corrected chi connectivity index (χ4v) is 4.39. The molecule has 1 aliphatic carbocycles. The molecule has 16 heavy (non-hydrogen) atoms. The molecule has 0 aromatic carbocycles. The summed E-state index contributed by atoms with van der Waals surface area (Å²) in [5, 5.41) is 0. The molecule has 1 aliphatic rings. The summed E-state index contributed by atoms with van der Waals surface area (Å²) < 4.78 is 0. The van der Waals surface area contributed by atoms with Crippen LogP contribution >= 0.6 is 0 Å². The topological polar surface area (TPSA) is 0 Å². The Labute approximate surface area is 103 Å². The lowest BCUT2D eigenvalue weighted by Gasteiger charge is -2.58. The standard InChI is InChI=1S/C16H32/c1-7-12(4)15(9-3)16(13(5)8-2)11-10-14(16)6/h12-15H,7-11H2,1-6H3. The molecule has 0 aromatic rings. The fourth-order valence-electron chi connectivity index (χ4n) is 4.39. The summed E-state index contributed by atoms with van der Waals surface area (Å²) >= 11 is 0. The molecule has 5 atom stereocenters. The molecule has 1 rings (SSSR count). The van der Waals surface area contributed by atoms with Gasteiger partial charge in [0.05, 0.1) is 0 Å². The van der Waals surface area contributed by atoms with Crippen LogP contribution in [0.3, 0.4) is 0 Å². The molecule has 0 nitrogen and oxygen atoms in total. The van der Waals surface area contributed by atoms with Crippen molar-refractivity contribution in [2.75, 3.05) is 0 Å². The van der Waals surface area contributed by atoms with E-state index in [1.54, 1.807) is 0 Å². The van der Waals surface area contributed by atoms with Crippen LogP contribution in [0, 0.1) is 29.1 Å². The minimum absolute atomic E-state index is 0.679. The molecule has 0 bridgehead atoms. The lowest BCUT2D eigenvalue weighted by Crippen LogP contribution is -2.51. The van der Waals surface area contributed by atoms with Gasteiger partial charge < -0.3 is 0 Å². The van der Waals surface area contributed by atoms with Crippen molar-refractivity contribution < 1.29 is 0 Å². The number of rotatable bonds is 6. The van der Waals surface area contributed by atoms with Crippen LogP contribution in [-0.4, -0.2) is 0 Å². The van der Waals surface area contributed by atoms with Crippen LogP contribution in [0.15, 0.2) is 0 Å². The van der Waals surface area contributed by atoms with Gasteiger partial charge in [-0.2, -0.15) is 0 Å². The highest BCUT2D eigenvalue weighted by molar-refractivity contribution is 5.01. The van der Waals surface area contributed by atoms with Gasteiger partial charge in [0.15, 0.2) is 0 Å².